The number of aryl methyl sites for hydroxylation is 1. The molecule has 16 heavy (non-hydrogen) atoms. The van der Waals surface area contributed by atoms with E-state index in [1.54, 1.807) is 12.4 Å². The Kier molecular flexibility index (Phi) is 5.21. The summed E-state index contributed by atoms with van der Waals surface area (Å²) in [4.78, 5) is 19.3. The third-order valence-electron chi connectivity index (χ3n) is 1.92. The van der Waals surface area contributed by atoms with Crippen molar-refractivity contribution in [2.45, 2.75) is 24.5 Å². The lowest BCUT2D eigenvalue weighted by atomic mass is 10.2. The fourth-order valence-corrected chi connectivity index (χ4v) is 1.81. The molecule has 1 unspecified atom stereocenters. The van der Waals surface area contributed by atoms with E-state index >= 15 is 0 Å². The van der Waals surface area contributed by atoms with E-state index < -0.39 is 6.04 Å². The number of ether oxygens (including phenoxy) is 1. The molecule has 0 aliphatic carbocycles. The van der Waals surface area contributed by atoms with Crippen LogP contribution >= 0.6 is 11.8 Å². The minimum absolute atomic E-state index is 0.384. The average molecular weight is 241 g/mol. The van der Waals surface area contributed by atoms with Crippen molar-refractivity contribution in [1.82, 2.24) is 9.97 Å². The van der Waals surface area contributed by atoms with Crippen LogP contribution in [0.5, 0.6) is 0 Å². The van der Waals surface area contributed by atoms with Crippen molar-refractivity contribution in [3.63, 3.8) is 0 Å². The number of methoxy groups -OCH3 is 1. The lowest BCUT2D eigenvalue weighted by Gasteiger charge is -2.07. The van der Waals surface area contributed by atoms with E-state index in [1.807, 2.05) is 6.92 Å². The molecule has 1 aromatic rings. The third kappa shape index (κ3) is 4.16. The second-order valence-corrected chi connectivity index (χ2v) is 4.37. The van der Waals surface area contributed by atoms with Crippen LogP contribution in [0.1, 0.15) is 12.0 Å². The first-order chi connectivity index (χ1) is 7.63. The summed E-state index contributed by atoms with van der Waals surface area (Å²) in [6.45, 7) is 1.93. The van der Waals surface area contributed by atoms with Gasteiger partial charge < -0.3 is 10.5 Å². The number of hydrogen-bond donors (Lipinski definition) is 1. The number of esters is 1. The number of carbonyl (C=O) groups excluding carboxylic acids is 1. The zero-order valence-electron chi connectivity index (χ0n) is 9.34. The van der Waals surface area contributed by atoms with Crippen LogP contribution in [0, 0.1) is 6.92 Å². The Labute approximate surface area is 98.8 Å². The topological polar surface area (TPSA) is 78.1 Å². The summed E-state index contributed by atoms with van der Waals surface area (Å²) in [6.07, 6.45) is 4.07. The van der Waals surface area contributed by atoms with Gasteiger partial charge in [0.15, 0.2) is 5.16 Å². The lowest BCUT2D eigenvalue weighted by Crippen LogP contribution is -2.31. The molecule has 0 aromatic carbocycles. The maximum atomic E-state index is 11.0. The van der Waals surface area contributed by atoms with Gasteiger partial charge in [0.1, 0.15) is 6.04 Å². The van der Waals surface area contributed by atoms with Gasteiger partial charge in [-0.05, 0) is 18.9 Å². The molecule has 0 fully saturated rings. The molecular weight excluding hydrogens is 226 g/mol. The highest BCUT2D eigenvalue weighted by Crippen LogP contribution is 2.13. The second kappa shape index (κ2) is 6.44. The zero-order chi connectivity index (χ0) is 12.0. The molecule has 0 aliphatic rings. The van der Waals surface area contributed by atoms with Crippen molar-refractivity contribution in [3.8, 4) is 0 Å². The van der Waals surface area contributed by atoms with Crippen molar-refractivity contribution < 1.29 is 9.53 Å². The van der Waals surface area contributed by atoms with Gasteiger partial charge in [-0.25, -0.2) is 9.97 Å². The molecule has 2 N–H and O–H groups in total. The van der Waals surface area contributed by atoms with Crippen molar-refractivity contribution in [3.05, 3.63) is 18.0 Å². The molecule has 0 amide bonds. The molecule has 1 aromatic heterocycles. The number of thioether (sulfide) groups is 1. The zero-order valence-corrected chi connectivity index (χ0v) is 10.2. The number of nitrogens with two attached hydrogens (primary N) is 1. The minimum Gasteiger partial charge on any atom is -0.468 e. The average Bonchev–Trinajstić information content (AvgIpc) is 2.30. The van der Waals surface area contributed by atoms with Crippen LogP contribution in [0.15, 0.2) is 17.6 Å². The molecule has 0 saturated heterocycles. The van der Waals surface area contributed by atoms with Crippen LogP contribution in [0.4, 0.5) is 0 Å². The summed E-state index contributed by atoms with van der Waals surface area (Å²) in [5.41, 5.74) is 6.61. The Bertz CT molecular complexity index is 342. The van der Waals surface area contributed by atoms with Gasteiger partial charge in [0.2, 0.25) is 0 Å². The van der Waals surface area contributed by atoms with Gasteiger partial charge in [-0.15, -0.1) is 0 Å². The van der Waals surface area contributed by atoms with Gasteiger partial charge in [-0.3, -0.25) is 4.79 Å². The molecule has 0 spiro atoms. The number of nitrogens with zero attached hydrogens (tertiary/aromatic N) is 2. The maximum Gasteiger partial charge on any atom is 0.322 e. The first kappa shape index (κ1) is 12.9. The third-order valence-corrected chi connectivity index (χ3v) is 2.83. The van der Waals surface area contributed by atoms with Gasteiger partial charge in [0, 0.05) is 18.1 Å². The van der Waals surface area contributed by atoms with E-state index in [0.717, 1.165) is 5.56 Å². The molecule has 1 heterocycles. The summed E-state index contributed by atoms with van der Waals surface area (Å²) in [5, 5.41) is 0.697. The van der Waals surface area contributed by atoms with E-state index in [0.29, 0.717) is 17.3 Å². The molecule has 0 aliphatic heterocycles. The lowest BCUT2D eigenvalue weighted by molar-refractivity contribution is -0.142. The largest absolute Gasteiger partial charge is 0.468 e. The highest BCUT2D eigenvalue weighted by Gasteiger charge is 2.13. The fourth-order valence-electron chi connectivity index (χ4n) is 1.00. The van der Waals surface area contributed by atoms with Crippen LogP contribution in [-0.4, -0.2) is 34.8 Å². The number of rotatable bonds is 5. The van der Waals surface area contributed by atoms with Crippen LogP contribution in [0.2, 0.25) is 0 Å². The number of carbonyl (C=O) groups is 1. The van der Waals surface area contributed by atoms with E-state index in [4.69, 9.17) is 5.73 Å². The standard InChI is InChI=1S/C10H15N3O2S/c1-7-5-12-10(13-6-7)16-4-3-8(11)9(14)15-2/h5-6,8H,3-4,11H2,1-2H3. The molecule has 6 heteroatoms. The first-order valence-electron chi connectivity index (χ1n) is 4.88. The molecule has 5 nitrogen and oxygen atoms in total. The van der Waals surface area contributed by atoms with Crippen LogP contribution in [0.25, 0.3) is 0 Å². The highest BCUT2D eigenvalue weighted by molar-refractivity contribution is 7.99. The predicted octanol–water partition coefficient (Wildman–Crippen LogP) is 0.768. The first-order valence-corrected chi connectivity index (χ1v) is 5.87. The Morgan fingerprint density at radius 3 is 2.75 bits per heavy atom. The SMILES string of the molecule is COC(=O)C(N)CCSc1ncc(C)cn1. The quantitative estimate of drug-likeness (QED) is 0.466. The molecule has 0 bridgehead atoms. The van der Waals surface area contributed by atoms with Crippen LogP contribution < -0.4 is 5.73 Å². The van der Waals surface area contributed by atoms with Crippen LogP contribution in [0.3, 0.4) is 0 Å². The summed E-state index contributed by atoms with van der Waals surface area (Å²) >= 11 is 1.48. The van der Waals surface area contributed by atoms with E-state index in [2.05, 4.69) is 14.7 Å². The van der Waals surface area contributed by atoms with Gasteiger partial charge in [0.25, 0.3) is 0 Å². The number of aromatic nitrogens is 2. The molecule has 88 valence electrons. The van der Waals surface area contributed by atoms with Crippen LogP contribution in [-0.2, 0) is 9.53 Å². The molecule has 1 atom stereocenters. The Balaban J connectivity index is 2.30. The second-order valence-electron chi connectivity index (χ2n) is 3.31. The highest BCUT2D eigenvalue weighted by atomic mass is 32.2. The van der Waals surface area contributed by atoms with Crippen molar-refractivity contribution in [2.75, 3.05) is 12.9 Å². The monoisotopic (exact) mass is 241 g/mol. The predicted molar refractivity (Wildman–Crippen MR) is 62.1 cm³/mol. The summed E-state index contributed by atoms with van der Waals surface area (Å²) < 4.78 is 4.53. The smallest absolute Gasteiger partial charge is 0.322 e. The summed E-state index contributed by atoms with van der Waals surface area (Å²) in [5.74, 6) is 0.310. The molecule has 1 rings (SSSR count). The normalized spacial score (nSPS) is 12.2. The summed E-state index contributed by atoms with van der Waals surface area (Å²) in [6, 6.07) is -0.567. The Morgan fingerprint density at radius 1 is 1.56 bits per heavy atom. The molecule has 0 radical (unpaired) electrons. The van der Waals surface area contributed by atoms with E-state index in [1.165, 1.54) is 18.9 Å². The van der Waals surface area contributed by atoms with E-state index in [9.17, 15) is 4.79 Å². The summed E-state index contributed by atoms with van der Waals surface area (Å²) in [7, 11) is 1.33. The Morgan fingerprint density at radius 2 is 2.19 bits per heavy atom. The van der Waals surface area contributed by atoms with Crippen molar-refractivity contribution in [2.24, 2.45) is 5.73 Å². The molecular formula is C10H15N3O2S. The fraction of sp³-hybridized carbons (Fsp3) is 0.500. The van der Waals surface area contributed by atoms with Crippen molar-refractivity contribution >= 4 is 17.7 Å². The minimum atomic E-state index is -0.567. The van der Waals surface area contributed by atoms with E-state index in [-0.39, 0.29) is 5.97 Å². The van der Waals surface area contributed by atoms with Gasteiger partial charge >= 0.3 is 5.97 Å². The van der Waals surface area contributed by atoms with Gasteiger partial charge in [0.05, 0.1) is 7.11 Å². The molecule has 0 saturated carbocycles. The number of hydrogen-bond acceptors (Lipinski definition) is 6. The van der Waals surface area contributed by atoms with Gasteiger partial charge in [-0.2, -0.15) is 0 Å². The van der Waals surface area contributed by atoms with Gasteiger partial charge in [-0.1, -0.05) is 11.8 Å². The Hall–Kier alpha value is -1.14. The maximum absolute atomic E-state index is 11.0. The van der Waals surface area contributed by atoms with Crippen molar-refractivity contribution in [1.29, 1.82) is 0 Å².